The molecule has 1 N–H and O–H groups in total. The molecule has 0 saturated carbocycles. The zero-order valence-corrected chi connectivity index (χ0v) is 15.7. The number of aromatic nitrogens is 2. The van der Waals surface area contributed by atoms with Crippen LogP contribution in [0.25, 0.3) is 27.5 Å². The van der Waals surface area contributed by atoms with Crippen LogP contribution in [0.1, 0.15) is 13.8 Å². The molecule has 4 rings (SSSR count). The first-order valence-electron chi connectivity index (χ1n) is 8.73. The van der Waals surface area contributed by atoms with Crippen molar-refractivity contribution < 1.29 is 9.53 Å². The van der Waals surface area contributed by atoms with Crippen molar-refractivity contribution in [1.29, 1.82) is 0 Å². The van der Waals surface area contributed by atoms with Crippen molar-refractivity contribution in [3.63, 3.8) is 0 Å². The summed E-state index contributed by atoms with van der Waals surface area (Å²) in [6, 6.07) is 12.8. The second kappa shape index (κ2) is 6.77. The van der Waals surface area contributed by atoms with E-state index in [9.17, 15) is 9.59 Å². The molecule has 0 aliphatic rings. The number of azo groups is 1. The van der Waals surface area contributed by atoms with Gasteiger partial charge < -0.3 is 9.72 Å². The smallest absolute Gasteiger partial charge is 0.266 e. The number of rotatable bonds is 4. The maximum absolute atomic E-state index is 13.1. The van der Waals surface area contributed by atoms with Gasteiger partial charge >= 0.3 is 0 Å². The van der Waals surface area contributed by atoms with Crippen LogP contribution in [0.2, 0.25) is 0 Å². The van der Waals surface area contributed by atoms with Crippen molar-refractivity contribution in [2.45, 2.75) is 13.8 Å². The van der Waals surface area contributed by atoms with Crippen LogP contribution in [0.15, 0.2) is 69.3 Å². The predicted octanol–water partition coefficient (Wildman–Crippen LogP) is 4.52. The van der Waals surface area contributed by atoms with E-state index in [0.29, 0.717) is 39.2 Å². The summed E-state index contributed by atoms with van der Waals surface area (Å²) in [5, 5.41) is 9.82. The molecule has 28 heavy (non-hydrogen) atoms. The van der Waals surface area contributed by atoms with Gasteiger partial charge in [-0.25, -0.2) is 0 Å². The van der Waals surface area contributed by atoms with Crippen molar-refractivity contribution in [1.82, 2.24) is 9.38 Å². The number of nitrogens with one attached hydrogen (secondary N) is 1. The number of H-pyrrole nitrogens is 1. The normalized spacial score (nSPS) is 12.5. The van der Waals surface area contributed by atoms with Crippen molar-refractivity contribution in [2.75, 3.05) is 7.11 Å². The minimum absolute atomic E-state index is 0.107. The minimum atomic E-state index is -0.142. The van der Waals surface area contributed by atoms with Crippen LogP contribution in [-0.2, 0) is 4.79 Å². The largest absolute Gasteiger partial charge is 0.497 e. The molecule has 0 bridgehead atoms. The van der Waals surface area contributed by atoms with E-state index in [0.717, 1.165) is 5.39 Å². The zero-order chi connectivity index (χ0) is 19.8. The Labute approximate surface area is 160 Å². The standard InChI is InChI=1S/C21H18N4O3/c1-12(10-13(2)26)23-24-19-16-11-14(28-3)8-9-18(16)25-20(19)22-17-7-5-4-6-15(17)21(25)27/h4-11,22H,1-3H3. The fourth-order valence-electron chi connectivity index (χ4n) is 3.29. The lowest BCUT2D eigenvalue weighted by Gasteiger charge is -2.02. The number of benzene rings is 2. The van der Waals surface area contributed by atoms with E-state index in [1.54, 1.807) is 30.6 Å². The van der Waals surface area contributed by atoms with Gasteiger partial charge in [-0.1, -0.05) is 12.1 Å². The van der Waals surface area contributed by atoms with Crippen molar-refractivity contribution in [3.8, 4) is 5.75 Å². The number of ether oxygens (including phenoxy) is 1. The molecule has 7 nitrogen and oxygen atoms in total. The van der Waals surface area contributed by atoms with Gasteiger partial charge in [0.25, 0.3) is 5.56 Å². The van der Waals surface area contributed by atoms with Gasteiger partial charge in [-0.2, -0.15) is 5.11 Å². The van der Waals surface area contributed by atoms with E-state index < -0.39 is 0 Å². The Morgan fingerprint density at radius 3 is 2.68 bits per heavy atom. The Bertz CT molecular complexity index is 1360. The SMILES string of the molecule is COc1ccc2c(c1)c(N=NC(C)=CC(C)=O)c1[nH]c3ccccc3c(=O)n12. The molecule has 0 atom stereocenters. The molecule has 0 saturated heterocycles. The number of aromatic amines is 1. The third-order valence-electron chi connectivity index (χ3n) is 4.48. The average molecular weight is 374 g/mol. The molecule has 0 unspecified atom stereocenters. The van der Waals surface area contributed by atoms with Crippen molar-refractivity contribution >= 4 is 38.9 Å². The van der Waals surface area contributed by atoms with Crippen LogP contribution in [0.3, 0.4) is 0 Å². The summed E-state index contributed by atoms with van der Waals surface area (Å²) in [7, 11) is 1.58. The Hall–Kier alpha value is -3.74. The van der Waals surface area contributed by atoms with Crippen LogP contribution in [0, 0.1) is 0 Å². The van der Waals surface area contributed by atoms with Crippen LogP contribution < -0.4 is 10.3 Å². The molecule has 2 heterocycles. The molecule has 0 aliphatic heterocycles. The number of carbonyl (C=O) groups is 1. The number of carbonyl (C=O) groups excluding carboxylic acids is 1. The Morgan fingerprint density at radius 1 is 1.14 bits per heavy atom. The molecular weight excluding hydrogens is 356 g/mol. The van der Waals surface area contributed by atoms with Crippen LogP contribution in [0.5, 0.6) is 5.75 Å². The zero-order valence-electron chi connectivity index (χ0n) is 15.7. The maximum atomic E-state index is 13.1. The predicted molar refractivity (Wildman–Crippen MR) is 109 cm³/mol. The van der Waals surface area contributed by atoms with E-state index in [1.807, 2.05) is 30.3 Å². The van der Waals surface area contributed by atoms with Gasteiger partial charge in [0.2, 0.25) is 0 Å². The number of para-hydroxylation sites is 1. The van der Waals surface area contributed by atoms with E-state index in [-0.39, 0.29) is 11.3 Å². The topological polar surface area (TPSA) is 88.3 Å². The van der Waals surface area contributed by atoms with Gasteiger partial charge in [0, 0.05) is 11.5 Å². The summed E-state index contributed by atoms with van der Waals surface area (Å²) in [5.74, 6) is 0.539. The summed E-state index contributed by atoms with van der Waals surface area (Å²) in [5.41, 5.74) is 2.79. The quantitative estimate of drug-likeness (QED) is 0.421. The number of allylic oxidation sites excluding steroid dienone is 2. The minimum Gasteiger partial charge on any atom is -0.497 e. The van der Waals surface area contributed by atoms with Gasteiger partial charge in [0.05, 0.1) is 29.2 Å². The highest BCUT2D eigenvalue weighted by Gasteiger charge is 2.17. The van der Waals surface area contributed by atoms with E-state index >= 15 is 0 Å². The molecule has 0 spiro atoms. The van der Waals surface area contributed by atoms with Crippen LogP contribution in [-0.4, -0.2) is 22.3 Å². The first-order chi connectivity index (χ1) is 13.5. The highest BCUT2D eigenvalue weighted by molar-refractivity contribution is 6.02. The van der Waals surface area contributed by atoms with Crippen molar-refractivity contribution in [2.24, 2.45) is 10.2 Å². The fourth-order valence-corrected chi connectivity index (χ4v) is 3.29. The number of hydrogen-bond donors (Lipinski definition) is 1. The van der Waals surface area contributed by atoms with E-state index in [1.165, 1.54) is 13.0 Å². The first-order valence-corrected chi connectivity index (χ1v) is 8.73. The van der Waals surface area contributed by atoms with Crippen molar-refractivity contribution in [3.05, 3.63) is 64.6 Å². The number of methoxy groups -OCH3 is 1. The third-order valence-corrected chi connectivity index (χ3v) is 4.48. The summed E-state index contributed by atoms with van der Waals surface area (Å²) >= 11 is 0. The number of fused-ring (bicyclic) bond motifs is 4. The fraction of sp³-hybridized carbons (Fsp3) is 0.143. The highest BCUT2D eigenvalue weighted by Crippen LogP contribution is 2.35. The Morgan fingerprint density at radius 2 is 1.93 bits per heavy atom. The summed E-state index contributed by atoms with van der Waals surface area (Å²) in [4.78, 5) is 27.7. The third kappa shape index (κ3) is 2.87. The average Bonchev–Trinajstić information content (AvgIpc) is 2.98. The lowest BCUT2D eigenvalue weighted by atomic mass is 10.2. The second-order valence-corrected chi connectivity index (χ2v) is 6.49. The van der Waals surface area contributed by atoms with Gasteiger partial charge in [0.1, 0.15) is 17.1 Å². The molecule has 0 aliphatic carbocycles. The van der Waals surface area contributed by atoms with Gasteiger partial charge in [-0.15, -0.1) is 5.11 Å². The highest BCUT2D eigenvalue weighted by atomic mass is 16.5. The number of nitrogens with zero attached hydrogens (tertiary/aromatic N) is 3. The van der Waals surface area contributed by atoms with Gasteiger partial charge in [-0.05, 0) is 44.2 Å². The second-order valence-electron chi connectivity index (χ2n) is 6.49. The number of hydrogen-bond acceptors (Lipinski definition) is 5. The Kier molecular flexibility index (Phi) is 4.27. The Balaban J connectivity index is 2.11. The molecule has 4 aromatic rings. The first kappa shape index (κ1) is 17.7. The molecule has 0 amide bonds. The molecule has 0 radical (unpaired) electrons. The van der Waals surface area contributed by atoms with Gasteiger partial charge in [-0.3, -0.25) is 14.0 Å². The molecule has 0 fully saturated rings. The molecule has 140 valence electrons. The van der Waals surface area contributed by atoms with Crippen LogP contribution >= 0.6 is 0 Å². The lowest BCUT2D eigenvalue weighted by Crippen LogP contribution is -2.13. The van der Waals surface area contributed by atoms with Crippen LogP contribution in [0.4, 0.5) is 5.69 Å². The lowest BCUT2D eigenvalue weighted by molar-refractivity contribution is -0.112. The molecule has 2 aromatic carbocycles. The summed E-state index contributed by atoms with van der Waals surface area (Å²) in [6.45, 7) is 3.15. The summed E-state index contributed by atoms with van der Waals surface area (Å²) in [6.07, 6.45) is 1.41. The van der Waals surface area contributed by atoms with Gasteiger partial charge in [0.15, 0.2) is 5.78 Å². The molecule has 7 heteroatoms. The van der Waals surface area contributed by atoms with E-state index in [2.05, 4.69) is 15.2 Å². The molecule has 2 aromatic heterocycles. The maximum Gasteiger partial charge on any atom is 0.266 e. The monoisotopic (exact) mass is 374 g/mol. The molecular formula is C21H18N4O3. The van der Waals surface area contributed by atoms with E-state index in [4.69, 9.17) is 4.74 Å². The summed E-state index contributed by atoms with van der Waals surface area (Å²) < 4.78 is 6.93. The number of ketones is 1.